The van der Waals surface area contributed by atoms with Crippen LogP contribution < -0.4 is 5.32 Å². The fourth-order valence-corrected chi connectivity index (χ4v) is 1.44. The second kappa shape index (κ2) is 4.94. The summed E-state index contributed by atoms with van der Waals surface area (Å²) in [7, 11) is 0. The molecular weight excluding hydrogens is 256 g/mol. The van der Waals surface area contributed by atoms with Gasteiger partial charge in [-0.2, -0.15) is 0 Å². The van der Waals surface area contributed by atoms with E-state index in [2.05, 4.69) is 26.2 Å². The maximum atomic E-state index is 9.84. The van der Waals surface area contributed by atoms with Crippen LogP contribution in [-0.4, -0.2) is 22.2 Å². The van der Waals surface area contributed by atoms with E-state index in [0.29, 0.717) is 13.0 Å². The Balaban J connectivity index is 2.70. The highest BCUT2D eigenvalue weighted by Gasteiger charge is 2.17. The highest BCUT2D eigenvalue weighted by Crippen LogP contribution is 2.23. The molecule has 0 bridgehead atoms. The van der Waals surface area contributed by atoms with Crippen LogP contribution in [0.15, 0.2) is 16.7 Å². The smallest absolute Gasteiger partial charge is 0.140 e. The third-order valence-corrected chi connectivity index (χ3v) is 3.48. The van der Waals surface area contributed by atoms with Gasteiger partial charge in [0.05, 0.1) is 10.1 Å². The monoisotopic (exact) mass is 272 g/mol. The number of aryl methyl sites for hydroxylation is 1. The number of hydrogen-bond donors (Lipinski definition) is 2. The lowest BCUT2D eigenvalue weighted by Gasteiger charge is -2.22. The van der Waals surface area contributed by atoms with Crippen LogP contribution in [0.5, 0.6) is 0 Å². The molecule has 2 N–H and O–H groups in total. The largest absolute Gasteiger partial charge is 0.388 e. The normalized spacial score (nSPS) is 14.7. The van der Waals surface area contributed by atoms with Crippen LogP contribution in [0, 0.1) is 6.92 Å². The number of nitrogens with zero attached hydrogens (tertiary/aromatic N) is 1. The summed E-state index contributed by atoms with van der Waals surface area (Å²) in [6.07, 6.45) is 2.46. The number of nitrogens with one attached hydrogen (secondary N) is 1. The number of aliphatic hydroxyl groups is 1. The minimum atomic E-state index is -0.690. The fourth-order valence-electron chi connectivity index (χ4n) is 1.06. The average Bonchev–Trinajstić information content (AvgIpc) is 2.20. The molecule has 1 unspecified atom stereocenters. The topological polar surface area (TPSA) is 45.1 Å². The highest BCUT2D eigenvalue weighted by molar-refractivity contribution is 9.10. The van der Waals surface area contributed by atoms with Gasteiger partial charge in [0.25, 0.3) is 0 Å². The molecule has 0 saturated carbocycles. The quantitative estimate of drug-likeness (QED) is 0.886. The first-order valence-electron chi connectivity index (χ1n) is 5.03. The summed E-state index contributed by atoms with van der Waals surface area (Å²) in [5, 5.41) is 13.0. The standard InChI is InChI=1S/C11H17BrN2O/c1-4-11(3,15)7-14-10-9(12)8(2)5-6-13-10/h5-6,15H,4,7H2,1-3H3,(H,13,14). The summed E-state index contributed by atoms with van der Waals surface area (Å²) < 4.78 is 0.955. The molecule has 0 aliphatic heterocycles. The molecule has 0 fully saturated rings. The van der Waals surface area contributed by atoms with Gasteiger partial charge in [0.1, 0.15) is 5.82 Å². The van der Waals surface area contributed by atoms with E-state index in [4.69, 9.17) is 0 Å². The molecule has 0 radical (unpaired) electrons. The number of halogens is 1. The van der Waals surface area contributed by atoms with Crippen molar-refractivity contribution >= 4 is 21.7 Å². The molecule has 0 aliphatic carbocycles. The number of hydrogen-bond acceptors (Lipinski definition) is 3. The van der Waals surface area contributed by atoms with Crippen LogP contribution in [0.2, 0.25) is 0 Å². The third-order valence-electron chi connectivity index (χ3n) is 2.48. The van der Waals surface area contributed by atoms with Gasteiger partial charge in [-0.25, -0.2) is 4.98 Å². The lowest BCUT2D eigenvalue weighted by atomic mass is 10.0. The van der Waals surface area contributed by atoms with Crippen molar-refractivity contribution in [1.29, 1.82) is 0 Å². The Morgan fingerprint density at radius 2 is 2.27 bits per heavy atom. The Morgan fingerprint density at radius 3 is 2.87 bits per heavy atom. The predicted octanol–water partition coefficient (Wildman–Crippen LogP) is 2.73. The molecule has 1 atom stereocenters. The summed E-state index contributed by atoms with van der Waals surface area (Å²) >= 11 is 3.46. The lowest BCUT2D eigenvalue weighted by Crippen LogP contribution is -2.32. The molecule has 0 saturated heterocycles. The zero-order valence-electron chi connectivity index (χ0n) is 9.34. The zero-order valence-corrected chi connectivity index (χ0v) is 10.9. The third kappa shape index (κ3) is 3.47. The first-order chi connectivity index (χ1) is 6.96. The number of pyridine rings is 1. The van der Waals surface area contributed by atoms with Crippen molar-refractivity contribution in [2.45, 2.75) is 32.8 Å². The summed E-state index contributed by atoms with van der Waals surface area (Å²) in [5.74, 6) is 0.781. The molecule has 0 aliphatic rings. The van der Waals surface area contributed by atoms with Crippen molar-refractivity contribution < 1.29 is 5.11 Å². The van der Waals surface area contributed by atoms with Crippen molar-refractivity contribution in [2.24, 2.45) is 0 Å². The van der Waals surface area contributed by atoms with Crippen LogP contribution in [0.25, 0.3) is 0 Å². The Labute approximate surface area is 99.1 Å². The van der Waals surface area contributed by atoms with Crippen molar-refractivity contribution in [2.75, 3.05) is 11.9 Å². The number of aromatic nitrogens is 1. The first kappa shape index (κ1) is 12.5. The van der Waals surface area contributed by atoms with Gasteiger partial charge in [0, 0.05) is 12.7 Å². The van der Waals surface area contributed by atoms with Gasteiger partial charge in [-0.05, 0) is 47.8 Å². The molecule has 0 amide bonds. The maximum absolute atomic E-state index is 9.84. The van der Waals surface area contributed by atoms with Gasteiger partial charge in [-0.15, -0.1) is 0 Å². The fraction of sp³-hybridized carbons (Fsp3) is 0.545. The van der Waals surface area contributed by atoms with E-state index in [1.165, 1.54) is 0 Å². The second-order valence-electron chi connectivity index (χ2n) is 3.99. The first-order valence-corrected chi connectivity index (χ1v) is 5.83. The van der Waals surface area contributed by atoms with Gasteiger partial charge in [0.2, 0.25) is 0 Å². The average molecular weight is 273 g/mol. The van der Waals surface area contributed by atoms with Crippen molar-refractivity contribution in [3.63, 3.8) is 0 Å². The molecular formula is C11H17BrN2O. The van der Waals surface area contributed by atoms with Gasteiger partial charge >= 0.3 is 0 Å². The highest BCUT2D eigenvalue weighted by atomic mass is 79.9. The maximum Gasteiger partial charge on any atom is 0.140 e. The molecule has 15 heavy (non-hydrogen) atoms. The Kier molecular flexibility index (Phi) is 4.11. The number of rotatable bonds is 4. The molecule has 1 aromatic rings. The van der Waals surface area contributed by atoms with Crippen LogP contribution >= 0.6 is 15.9 Å². The SMILES string of the molecule is CCC(C)(O)CNc1nccc(C)c1Br. The van der Waals surface area contributed by atoms with Crippen LogP contribution in [0.1, 0.15) is 25.8 Å². The van der Waals surface area contributed by atoms with Crippen LogP contribution in [0.4, 0.5) is 5.82 Å². The van der Waals surface area contributed by atoms with Gasteiger partial charge in [-0.1, -0.05) is 6.92 Å². The van der Waals surface area contributed by atoms with Crippen molar-refractivity contribution in [1.82, 2.24) is 4.98 Å². The summed E-state index contributed by atoms with van der Waals surface area (Å²) in [5.41, 5.74) is 0.439. The van der Waals surface area contributed by atoms with Crippen molar-refractivity contribution in [3.05, 3.63) is 22.3 Å². The van der Waals surface area contributed by atoms with E-state index in [-0.39, 0.29) is 0 Å². The van der Waals surface area contributed by atoms with Crippen LogP contribution in [0.3, 0.4) is 0 Å². The van der Waals surface area contributed by atoms with E-state index in [9.17, 15) is 5.11 Å². The Morgan fingerprint density at radius 1 is 1.60 bits per heavy atom. The molecule has 0 aromatic carbocycles. The molecule has 1 rings (SSSR count). The molecule has 1 aromatic heterocycles. The van der Waals surface area contributed by atoms with E-state index in [1.807, 2.05) is 26.8 Å². The molecule has 0 spiro atoms. The van der Waals surface area contributed by atoms with E-state index in [1.54, 1.807) is 6.20 Å². The molecule has 3 nitrogen and oxygen atoms in total. The Bertz CT molecular complexity index is 339. The summed E-state index contributed by atoms with van der Waals surface area (Å²) in [4.78, 5) is 4.21. The molecule has 84 valence electrons. The van der Waals surface area contributed by atoms with Crippen molar-refractivity contribution in [3.8, 4) is 0 Å². The zero-order chi connectivity index (χ0) is 11.5. The second-order valence-corrected chi connectivity index (χ2v) is 4.79. The summed E-state index contributed by atoms with van der Waals surface area (Å²) in [6.45, 7) is 6.28. The van der Waals surface area contributed by atoms with Gasteiger partial charge in [0.15, 0.2) is 0 Å². The van der Waals surface area contributed by atoms with Gasteiger partial charge < -0.3 is 10.4 Å². The lowest BCUT2D eigenvalue weighted by molar-refractivity contribution is 0.0696. The predicted molar refractivity (Wildman–Crippen MR) is 66.1 cm³/mol. The van der Waals surface area contributed by atoms with E-state index >= 15 is 0 Å². The number of anilines is 1. The van der Waals surface area contributed by atoms with E-state index in [0.717, 1.165) is 15.9 Å². The molecule has 4 heteroatoms. The minimum absolute atomic E-state index is 0.499. The Hall–Kier alpha value is -0.610. The summed E-state index contributed by atoms with van der Waals surface area (Å²) in [6, 6.07) is 1.94. The van der Waals surface area contributed by atoms with Crippen LogP contribution in [-0.2, 0) is 0 Å². The van der Waals surface area contributed by atoms with E-state index < -0.39 is 5.60 Å². The minimum Gasteiger partial charge on any atom is -0.388 e. The van der Waals surface area contributed by atoms with Gasteiger partial charge in [-0.3, -0.25) is 0 Å². The molecule has 1 heterocycles.